The number of benzene rings is 1. The van der Waals surface area contributed by atoms with Gasteiger partial charge in [-0.1, -0.05) is 31.5 Å². The van der Waals surface area contributed by atoms with Crippen LogP contribution in [0.3, 0.4) is 0 Å². The fraction of sp³-hybridized carbons (Fsp3) is 0.294. The molecule has 0 spiro atoms. The van der Waals surface area contributed by atoms with E-state index in [0.717, 1.165) is 34.6 Å². The summed E-state index contributed by atoms with van der Waals surface area (Å²) in [5.74, 6) is 0.908. The molecular formula is C17H19N3S. The van der Waals surface area contributed by atoms with Gasteiger partial charge in [0.25, 0.3) is 0 Å². The van der Waals surface area contributed by atoms with Crippen LogP contribution in [0.25, 0.3) is 10.2 Å². The summed E-state index contributed by atoms with van der Waals surface area (Å²) in [6, 6.07) is 8.45. The van der Waals surface area contributed by atoms with E-state index in [9.17, 15) is 0 Å². The molecular weight excluding hydrogens is 278 g/mol. The predicted molar refractivity (Wildman–Crippen MR) is 90.6 cm³/mol. The zero-order chi connectivity index (χ0) is 14.8. The Kier molecular flexibility index (Phi) is 3.88. The van der Waals surface area contributed by atoms with Crippen molar-refractivity contribution in [3.05, 3.63) is 46.6 Å². The number of aryl methyl sites for hydroxylation is 3. The van der Waals surface area contributed by atoms with Gasteiger partial charge in [-0.3, -0.25) is 0 Å². The molecule has 0 bridgehead atoms. The molecule has 2 heterocycles. The van der Waals surface area contributed by atoms with Gasteiger partial charge < -0.3 is 5.32 Å². The lowest BCUT2D eigenvalue weighted by Gasteiger charge is -2.11. The average molecular weight is 297 g/mol. The van der Waals surface area contributed by atoms with E-state index in [4.69, 9.17) is 0 Å². The van der Waals surface area contributed by atoms with Crippen LogP contribution >= 0.6 is 11.3 Å². The molecule has 3 rings (SSSR count). The summed E-state index contributed by atoms with van der Waals surface area (Å²) in [5, 5.41) is 4.65. The van der Waals surface area contributed by atoms with Crippen LogP contribution in [0.4, 0.5) is 11.5 Å². The van der Waals surface area contributed by atoms with Gasteiger partial charge in [-0.05, 0) is 37.5 Å². The van der Waals surface area contributed by atoms with Crippen molar-refractivity contribution >= 4 is 33.1 Å². The summed E-state index contributed by atoms with van der Waals surface area (Å²) in [7, 11) is 0. The van der Waals surface area contributed by atoms with E-state index in [1.807, 2.05) is 0 Å². The first-order chi connectivity index (χ1) is 10.2. The molecule has 3 nitrogen and oxygen atoms in total. The monoisotopic (exact) mass is 297 g/mol. The molecule has 2 aromatic heterocycles. The zero-order valence-corrected chi connectivity index (χ0v) is 13.4. The number of hydrogen-bond acceptors (Lipinski definition) is 4. The number of rotatable bonds is 4. The summed E-state index contributed by atoms with van der Waals surface area (Å²) in [6.45, 7) is 6.48. The Labute approximate surface area is 129 Å². The molecule has 0 unspecified atom stereocenters. The first-order valence-electron chi connectivity index (χ1n) is 7.26. The van der Waals surface area contributed by atoms with Crippen LogP contribution in [0.2, 0.25) is 0 Å². The van der Waals surface area contributed by atoms with Crippen LogP contribution < -0.4 is 5.32 Å². The van der Waals surface area contributed by atoms with Gasteiger partial charge in [-0.25, -0.2) is 9.97 Å². The summed E-state index contributed by atoms with van der Waals surface area (Å²) in [5.41, 5.74) is 3.74. The Morgan fingerprint density at radius 1 is 1.14 bits per heavy atom. The first-order valence-corrected chi connectivity index (χ1v) is 8.08. The molecule has 0 aliphatic carbocycles. The van der Waals surface area contributed by atoms with Crippen molar-refractivity contribution in [2.24, 2.45) is 0 Å². The lowest BCUT2D eigenvalue weighted by Crippen LogP contribution is -1.99. The Morgan fingerprint density at radius 3 is 2.76 bits per heavy atom. The quantitative estimate of drug-likeness (QED) is 0.736. The number of fused-ring (bicyclic) bond motifs is 1. The van der Waals surface area contributed by atoms with Crippen LogP contribution in [0.15, 0.2) is 30.6 Å². The highest BCUT2D eigenvalue weighted by atomic mass is 32.1. The van der Waals surface area contributed by atoms with Gasteiger partial charge in [-0.2, -0.15) is 0 Å². The van der Waals surface area contributed by atoms with Gasteiger partial charge in [0.2, 0.25) is 0 Å². The molecule has 0 fully saturated rings. The number of thiophene rings is 1. The molecule has 21 heavy (non-hydrogen) atoms. The van der Waals surface area contributed by atoms with E-state index in [1.54, 1.807) is 17.7 Å². The number of para-hydroxylation sites is 1. The molecule has 0 aliphatic heterocycles. The van der Waals surface area contributed by atoms with Crippen molar-refractivity contribution in [1.82, 2.24) is 9.97 Å². The molecule has 0 amide bonds. The second kappa shape index (κ2) is 5.82. The van der Waals surface area contributed by atoms with Crippen LogP contribution in [0.1, 0.15) is 29.3 Å². The van der Waals surface area contributed by atoms with Gasteiger partial charge in [0.05, 0.1) is 5.39 Å². The van der Waals surface area contributed by atoms with Gasteiger partial charge in [0.15, 0.2) is 0 Å². The minimum absolute atomic E-state index is 0.908. The SMILES string of the molecule is CCCc1ccccc1Nc1ncnc2sc(C)c(C)c12. The molecule has 1 aromatic carbocycles. The highest BCUT2D eigenvalue weighted by Gasteiger charge is 2.12. The van der Waals surface area contributed by atoms with E-state index >= 15 is 0 Å². The van der Waals surface area contributed by atoms with Crippen LogP contribution in [0, 0.1) is 13.8 Å². The van der Waals surface area contributed by atoms with Crippen molar-refractivity contribution in [3.63, 3.8) is 0 Å². The smallest absolute Gasteiger partial charge is 0.142 e. The van der Waals surface area contributed by atoms with Crippen molar-refractivity contribution in [2.75, 3.05) is 5.32 Å². The number of nitrogens with one attached hydrogen (secondary N) is 1. The van der Waals surface area contributed by atoms with Crippen LogP contribution in [-0.2, 0) is 6.42 Å². The summed E-state index contributed by atoms with van der Waals surface area (Å²) >= 11 is 1.73. The molecule has 0 radical (unpaired) electrons. The van der Waals surface area contributed by atoms with Gasteiger partial charge in [0, 0.05) is 10.6 Å². The van der Waals surface area contributed by atoms with Crippen molar-refractivity contribution in [2.45, 2.75) is 33.6 Å². The Hall–Kier alpha value is -1.94. The molecule has 108 valence electrons. The van der Waals surface area contributed by atoms with E-state index in [-0.39, 0.29) is 0 Å². The zero-order valence-electron chi connectivity index (χ0n) is 12.6. The topological polar surface area (TPSA) is 37.8 Å². The van der Waals surface area contributed by atoms with Crippen molar-refractivity contribution < 1.29 is 0 Å². The predicted octanol–water partition coefficient (Wildman–Crippen LogP) is 5.00. The number of aromatic nitrogens is 2. The third kappa shape index (κ3) is 2.63. The summed E-state index contributed by atoms with van der Waals surface area (Å²) < 4.78 is 0. The third-order valence-electron chi connectivity index (χ3n) is 3.76. The number of anilines is 2. The molecule has 4 heteroatoms. The maximum absolute atomic E-state index is 4.46. The maximum Gasteiger partial charge on any atom is 0.142 e. The summed E-state index contributed by atoms with van der Waals surface area (Å²) in [6.07, 6.45) is 3.84. The third-order valence-corrected chi connectivity index (χ3v) is 4.87. The Bertz CT molecular complexity index is 777. The highest BCUT2D eigenvalue weighted by Crippen LogP contribution is 2.34. The molecule has 1 N–H and O–H groups in total. The van der Waals surface area contributed by atoms with Crippen LogP contribution in [0.5, 0.6) is 0 Å². The number of hydrogen-bond donors (Lipinski definition) is 1. The van der Waals surface area contributed by atoms with E-state index in [0.29, 0.717) is 0 Å². The van der Waals surface area contributed by atoms with Gasteiger partial charge >= 0.3 is 0 Å². The lowest BCUT2D eigenvalue weighted by atomic mass is 10.1. The Morgan fingerprint density at radius 2 is 1.95 bits per heavy atom. The first kappa shape index (κ1) is 14.0. The van der Waals surface area contributed by atoms with E-state index < -0.39 is 0 Å². The molecule has 0 saturated carbocycles. The standard InChI is InChI=1S/C17H19N3S/c1-4-7-13-8-5-6-9-14(13)20-16-15-11(2)12(3)21-17(15)19-10-18-16/h5-6,8-10H,4,7H2,1-3H3,(H,18,19,20). The largest absolute Gasteiger partial charge is 0.339 e. The fourth-order valence-electron chi connectivity index (χ4n) is 2.53. The fourth-order valence-corrected chi connectivity index (χ4v) is 3.53. The minimum atomic E-state index is 0.908. The van der Waals surface area contributed by atoms with Crippen molar-refractivity contribution in [3.8, 4) is 0 Å². The second-order valence-electron chi connectivity index (χ2n) is 5.22. The van der Waals surface area contributed by atoms with Gasteiger partial charge in [0.1, 0.15) is 17.0 Å². The Balaban J connectivity index is 2.06. The number of nitrogens with zero attached hydrogens (tertiary/aromatic N) is 2. The summed E-state index contributed by atoms with van der Waals surface area (Å²) in [4.78, 5) is 11.2. The molecule has 0 atom stereocenters. The van der Waals surface area contributed by atoms with Gasteiger partial charge in [-0.15, -0.1) is 11.3 Å². The normalized spacial score (nSPS) is 11.0. The highest BCUT2D eigenvalue weighted by molar-refractivity contribution is 7.18. The average Bonchev–Trinajstić information content (AvgIpc) is 2.77. The molecule has 3 aromatic rings. The molecule has 0 aliphatic rings. The lowest BCUT2D eigenvalue weighted by molar-refractivity contribution is 0.923. The van der Waals surface area contributed by atoms with Crippen molar-refractivity contribution in [1.29, 1.82) is 0 Å². The minimum Gasteiger partial charge on any atom is -0.339 e. The molecule has 0 saturated heterocycles. The van der Waals surface area contributed by atoms with Crippen LogP contribution in [-0.4, -0.2) is 9.97 Å². The van der Waals surface area contributed by atoms with E-state index in [1.165, 1.54) is 16.0 Å². The second-order valence-corrected chi connectivity index (χ2v) is 6.42. The maximum atomic E-state index is 4.46. The van der Waals surface area contributed by atoms with E-state index in [2.05, 4.69) is 60.3 Å².